The van der Waals surface area contributed by atoms with E-state index in [0.717, 1.165) is 17.7 Å². The number of ether oxygens (including phenoxy) is 1. The van der Waals surface area contributed by atoms with Gasteiger partial charge in [0, 0.05) is 38.0 Å². The lowest BCUT2D eigenvalue weighted by Gasteiger charge is -2.13. The summed E-state index contributed by atoms with van der Waals surface area (Å²) in [4.78, 5) is 8.30. The Morgan fingerprint density at radius 1 is 1.19 bits per heavy atom. The molecule has 27 heavy (non-hydrogen) atoms. The van der Waals surface area contributed by atoms with E-state index in [0.29, 0.717) is 30.9 Å². The third-order valence-corrected chi connectivity index (χ3v) is 4.10. The van der Waals surface area contributed by atoms with Crippen LogP contribution in [-0.4, -0.2) is 24.6 Å². The fourth-order valence-corrected chi connectivity index (χ4v) is 2.39. The normalized spacial score (nSPS) is 13.7. The van der Waals surface area contributed by atoms with Gasteiger partial charge in [0.25, 0.3) is 0 Å². The summed E-state index contributed by atoms with van der Waals surface area (Å²) in [5, 5.41) is 6.11. The lowest BCUT2D eigenvalue weighted by Crippen LogP contribution is -2.36. The molecule has 0 bridgehead atoms. The molecule has 1 aliphatic rings. The minimum absolute atomic E-state index is 0. The van der Waals surface area contributed by atoms with Crippen LogP contribution in [-0.2, 0) is 13.1 Å². The van der Waals surface area contributed by atoms with E-state index in [1.807, 2.05) is 12.1 Å². The van der Waals surface area contributed by atoms with E-state index < -0.39 is 11.6 Å². The van der Waals surface area contributed by atoms with Gasteiger partial charge in [0.15, 0.2) is 5.96 Å². The van der Waals surface area contributed by atoms with Crippen LogP contribution in [0, 0.1) is 17.6 Å². The lowest BCUT2D eigenvalue weighted by molar-refractivity contribution is 0.288. The number of aliphatic imine (C=N–C) groups is 1. The summed E-state index contributed by atoms with van der Waals surface area (Å²) in [7, 11) is 1.62. The van der Waals surface area contributed by atoms with Crippen molar-refractivity contribution in [2.45, 2.75) is 25.9 Å². The fourth-order valence-electron chi connectivity index (χ4n) is 2.39. The number of nitrogens with one attached hydrogen (secondary N) is 2. The highest BCUT2D eigenvalue weighted by Crippen LogP contribution is 2.29. The lowest BCUT2D eigenvalue weighted by atomic mass is 10.2. The number of guanidine groups is 1. The van der Waals surface area contributed by atoms with Crippen molar-refractivity contribution >= 4 is 29.9 Å². The second kappa shape index (κ2) is 10.4. The predicted molar refractivity (Wildman–Crippen MR) is 111 cm³/mol. The van der Waals surface area contributed by atoms with Crippen LogP contribution < -0.4 is 15.4 Å². The van der Waals surface area contributed by atoms with Crippen molar-refractivity contribution in [2.24, 2.45) is 10.9 Å². The molecule has 0 spiro atoms. The largest absolute Gasteiger partial charge is 0.477 e. The van der Waals surface area contributed by atoms with Gasteiger partial charge in [-0.05, 0) is 48.6 Å². The number of benzene rings is 1. The Bertz CT molecular complexity index is 784. The third kappa shape index (κ3) is 6.93. The van der Waals surface area contributed by atoms with E-state index in [4.69, 9.17) is 4.74 Å². The van der Waals surface area contributed by atoms with Crippen LogP contribution in [0.2, 0.25) is 0 Å². The zero-order valence-corrected chi connectivity index (χ0v) is 17.4. The van der Waals surface area contributed by atoms with Crippen molar-refractivity contribution in [3.8, 4) is 5.88 Å². The molecular weight excluding hydrogens is 465 g/mol. The van der Waals surface area contributed by atoms with Crippen molar-refractivity contribution in [1.82, 2.24) is 15.6 Å². The summed E-state index contributed by atoms with van der Waals surface area (Å²) in [6.07, 6.45) is 4.17. The molecule has 1 aliphatic carbocycles. The summed E-state index contributed by atoms with van der Waals surface area (Å²) in [6, 6.07) is 7.15. The Morgan fingerprint density at radius 2 is 1.96 bits per heavy atom. The molecule has 0 amide bonds. The van der Waals surface area contributed by atoms with E-state index in [1.165, 1.54) is 18.9 Å². The SMILES string of the molecule is CN=C(NCc1ccnc(OCC2CC2)c1)NCc1cc(F)ccc1F.I. The van der Waals surface area contributed by atoms with Crippen LogP contribution in [0.25, 0.3) is 0 Å². The molecule has 0 atom stereocenters. The summed E-state index contributed by atoms with van der Waals surface area (Å²) in [6.45, 7) is 1.36. The summed E-state index contributed by atoms with van der Waals surface area (Å²) in [5.74, 6) is 0.847. The first-order valence-corrected chi connectivity index (χ1v) is 8.60. The summed E-state index contributed by atoms with van der Waals surface area (Å²) < 4.78 is 32.6. The highest BCUT2D eigenvalue weighted by Gasteiger charge is 2.22. The molecule has 2 aromatic rings. The molecule has 0 radical (unpaired) electrons. The quantitative estimate of drug-likeness (QED) is 0.355. The maximum absolute atomic E-state index is 13.7. The molecule has 1 fully saturated rings. The summed E-state index contributed by atoms with van der Waals surface area (Å²) >= 11 is 0. The van der Waals surface area contributed by atoms with Crippen LogP contribution >= 0.6 is 24.0 Å². The average Bonchev–Trinajstić information content (AvgIpc) is 3.47. The number of aromatic nitrogens is 1. The Balaban J connectivity index is 0.00000261. The first kappa shape index (κ1) is 21.3. The van der Waals surface area contributed by atoms with Crippen molar-refractivity contribution in [1.29, 1.82) is 0 Å². The zero-order valence-electron chi connectivity index (χ0n) is 15.0. The van der Waals surface area contributed by atoms with E-state index in [-0.39, 0.29) is 36.1 Å². The smallest absolute Gasteiger partial charge is 0.213 e. The molecule has 1 aromatic heterocycles. The van der Waals surface area contributed by atoms with Gasteiger partial charge in [-0.3, -0.25) is 4.99 Å². The Labute approximate surface area is 174 Å². The van der Waals surface area contributed by atoms with Gasteiger partial charge in [-0.1, -0.05) is 0 Å². The molecule has 1 aromatic carbocycles. The maximum atomic E-state index is 13.7. The molecule has 0 aliphatic heterocycles. The molecule has 146 valence electrons. The first-order valence-electron chi connectivity index (χ1n) is 8.60. The first-order chi connectivity index (χ1) is 12.6. The fraction of sp³-hybridized carbons (Fsp3) is 0.368. The zero-order chi connectivity index (χ0) is 18.4. The number of hydrogen-bond acceptors (Lipinski definition) is 3. The van der Waals surface area contributed by atoms with E-state index in [1.54, 1.807) is 13.2 Å². The van der Waals surface area contributed by atoms with Crippen LogP contribution in [0.4, 0.5) is 8.78 Å². The van der Waals surface area contributed by atoms with E-state index in [2.05, 4.69) is 20.6 Å². The Morgan fingerprint density at radius 3 is 2.70 bits per heavy atom. The van der Waals surface area contributed by atoms with Gasteiger partial charge < -0.3 is 15.4 Å². The Kier molecular flexibility index (Phi) is 8.21. The molecule has 1 heterocycles. The van der Waals surface area contributed by atoms with Crippen molar-refractivity contribution < 1.29 is 13.5 Å². The third-order valence-electron chi connectivity index (χ3n) is 4.10. The van der Waals surface area contributed by atoms with Gasteiger partial charge in [-0.25, -0.2) is 13.8 Å². The minimum atomic E-state index is -0.471. The highest BCUT2D eigenvalue weighted by molar-refractivity contribution is 14.0. The monoisotopic (exact) mass is 488 g/mol. The number of halogens is 3. The van der Waals surface area contributed by atoms with Crippen LogP contribution in [0.1, 0.15) is 24.0 Å². The van der Waals surface area contributed by atoms with Crippen LogP contribution in [0.15, 0.2) is 41.5 Å². The molecular formula is C19H23F2IN4O. The molecule has 0 unspecified atom stereocenters. The van der Waals surface area contributed by atoms with Gasteiger partial charge in [0.05, 0.1) is 6.61 Å². The number of pyridine rings is 1. The molecule has 0 saturated heterocycles. The van der Waals surface area contributed by atoms with Gasteiger partial charge in [-0.2, -0.15) is 0 Å². The van der Waals surface area contributed by atoms with Gasteiger partial charge in [-0.15, -0.1) is 24.0 Å². The van der Waals surface area contributed by atoms with Crippen LogP contribution in [0.5, 0.6) is 5.88 Å². The minimum Gasteiger partial charge on any atom is -0.477 e. The number of hydrogen-bond donors (Lipinski definition) is 2. The van der Waals surface area contributed by atoms with Gasteiger partial charge >= 0.3 is 0 Å². The molecule has 3 rings (SSSR count). The van der Waals surface area contributed by atoms with E-state index >= 15 is 0 Å². The molecule has 2 N–H and O–H groups in total. The van der Waals surface area contributed by atoms with Crippen LogP contribution in [0.3, 0.4) is 0 Å². The molecule has 1 saturated carbocycles. The number of nitrogens with zero attached hydrogens (tertiary/aromatic N) is 2. The topological polar surface area (TPSA) is 58.5 Å². The maximum Gasteiger partial charge on any atom is 0.213 e. The highest BCUT2D eigenvalue weighted by atomic mass is 127. The summed E-state index contributed by atoms with van der Waals surface area (Å²) in [5.41, 5.74) is 1.23. The average molecular weight is 488 g/mol. The van der Waals surface area contributed by atoms with Gasteiger partial charge in [0.1, 0.15) is 11.6 Å². The molecule has 5 nitrogen and oxygen atoms in total. The van der Waals surface area contributed by atoms with E-state index in [9.17, 15) is 8.78 Å². The van der Waals surface area contributed by atoms with Crippen molar-refractivity contribution in [3.63, 3.8) is 0 Å². The predicted octanol–water partition coefficient (Wildman–Crippen LogP) is 3.63. The molecule has 8 heteroatoms. The second-order valence-corrected chi connectivity index (χ2v) is 6.27. The van der Waals surface area contributed by atoms with Crippen molar-refractivity contribution in [3.05, 3.63) is 59.3 Å². The second-order valence-electron chi connectivity index (χ2n) is 6.27. The van der Waals surface area contributed by atoms with Gasteiger partial charge in [0.2, 0.25) is 5.88 Å². The van der Waals surface area contributed by atoms with Crippen molar-refractivity contribution in [2.75, 3.05) is 13.7 Å². The standard InChI is InChI=1S/C19H22F2N4O.HI/c1-22-19(25-11-15-9-16(20)4-5-17(15)21)24-10-14-6-7-23-18(8-14)26-12-13-2-3-13;/h4-9,13H,2-3,10-12H2,1H3,(H2,22,24,25);1H. The number of rotatable bonds is 7. The Hall–Kier alpha value is -1.97.